The Bertz CT molecular complexity index is 1080. The summed E-state index contributed by atoms with van der Waals surface area (Å²) in [6, 6.07) is 7.70. The number of benzene rings is 1. The molecule has 9 heteroatoms. The van der Waals surface area contributed by atoms with E-state index in [-0.39, 0.29) is 11.7 Å². The van der Waals surface area contributed by atoms with Gasteiger partial charge in [-0.15, -0.1) is 11.3 Å². The van der Waals surface area contributed by atoms with E-state index in [0.29, 0.717) is 28.0 Å². The number of halogens is 2. The Hall–Kier alpha value is -1.87. The lowest BCUT2D eigenvalue weighted by molar-refractivity contribution is 0.449. The van der Waals surface area contributed by atoms with Gasteiger partial charge in [0, 0.05) is 5.56 Å². The SMILES string of the molecule is CC1(C)C(=N)N[C@](C)(c2sc(-c3cnc(-c4ccc(F)cc4)o3)cc2Cl)C[S+]1[O-]. The average molecular weight is 452 g/mol. The van der Waals surface area contributed by atoms with E-state index in [1.54, 1.807) is 38.2 Å². The zero-order valence-electron chi connectivity index (χ0n) is 16.0. The highest BCUT2D eigenvalue weighted by Crippen LogP contribution is 2.44. The van der Waals surface area contributed by atoms with Crippen LogP contribution < -0.4 is 5.32 Å². The van der Waals surface area contributed by atoms with Crippen LogP contribution in [0.3, 0.4) is 0 Å². The number of nitrogens with one attached hydrogen (secondary N) is 2. The van der Waals surface area contributed by atoms with Crippen molar-refractivity contribution in [3.63, 3.8) is 0 Å². The highest BCUT2D eigenvalue weighted by Gasteiger charge is 2.50. The van der Waals surface area contributed by atoms with Gasteiger partial charge in [0.25, 0.3) is 0 Å². The highest BCUT2D eigenvalue weighted by atomic mass is 35.5. The van der Waals surface area contributed by atoms with Gasteiger partial charge in [0.1, 0.15) is 17.1 Å². The fourth-order valence-electron chi connectivity index (χ4n) is 3.12. The molecule has 0 spiro atoms. The van der Waals surface area contributed by atoms with Gasteiger partial charge in [-0.25, -0.2) is 9.37 Å². The first kappa shape index (κ1) is 20.4. The molecule has 3 aromatic rings. The first-order chi connectivity index (χ1) is 13.6. The van der Waals surface area contributed by atoms with Crippen molar-refractivity contribution >= 4 is 39.9 Å². The quantitative estimate of drug-likeness (QED) is 0.537. The molecule has 5 nitrogen and oxygen atoms in total. The zero-order chi connectivity index (χ0) is 21.0. The van der Waals surface area contributed by atoms with Crippen molar-refractivity contribution in [1.82, 2.24) is 10.3 Å². The molecule has 0 bridgehead atoms. The van der Waals surface area contributed by atoms with E-state index >= 15 is 0 Å². The second-order valence-electron chi connectivity index (χ2n) is 7.66. The van der Waals surface area contributed by atoms with Gasteiger partial charge in [-0.3, -0.25) is 5.41 Å². The summed E-state index contributed by atoms with van der Waals surface area (Å²) in [5.74, 6) is 1.18. The third kappa shape index (κ3) is 3.59. The summed E-state index contributed by atoms with van der Waals surface area (Å²) < 4.78 is 31.0. The normalized spacial score (nSPS) is 23.8. The number of amidine groups is 1. The summed E-state index contributed by atoms with van der Waals surface area (Å²) >= 11 is 6.71. The Morgan fingerprint density at radius 1 is 1.31 bits per heavy atom. The lowest BCUT2D eigenvalue weighted by Crippen LogP contribution is -2.63. The molecular formula is C20H19ClFN3O2S2. The summed E-state index contributed by atoms with van der Waals surface area (Å²) in [6.07, 6.45) is 1.60. The van der Waals surface area contributed by atoms with Crippen LogP contribution in [-0.2, 0) is 16.7 Å². The van der Waals surface area contributed by atoms with Crippen molar-refractivity contribution in [2.45, 2.75) is 31.1 Å². The highest BCUT2D eigenvalue weighted by molar-refractivity contribution is 7.93. The molecule has 1 aliphatic rings. The Balaban J connectivity index is 1.65. The van der Waals surface area contributed by atoms with Gasteiger partial charge < -0.3 is 14.3 Å². The molecule has 29 heavy (non-hydrogen) atoms. The number of nitrogens with zero attached hydrogens (tertiary/aromatic N) is 1. The Kier molecular flexibility index (Phi) is 5.01. The fourth-order valence-corrected chi connectivity index (χ4v) is 6.19. The third-order valence-corrected chi connectivity index (χ3v) is 9.03. The third-order valence-electron chi connectivity index (χ3n) is 5.02. The Labute approximate surface area is 180 Å². The van der Waals surface area contributed by atoms with Crippen molar-refractivity contribution in [3.05, 3.63) is 52.2 Å². The van der Waals surface area contributed by atoms with Gasteiger partial charge in [-0.2, -0.15) is 0 Å². The molecule has 3 heterocycles. The standard InChI is InChI=1S/C20H19ClFN3O2S2/c1-19(2)18(23)25-20(3,10-29(19)26)16-13(21)8-15(28-16)14-9-24-17(27-14)11-4-6-12(22)7-5-11/h4-9H,10H2,1-3H3,(H2,23,25)/t20-,29?/m0/s1. The molecule has 1 saturated heterocycles. The van der Waals surface area contributed by atoms with Crippen LogP contribution in [0.25, 0.3) is 22.1 Å². The van der Waals surface area contributed by atoms with Crippen LogP contribution in [-0.4, -0.2) is 25.9 Å². The van der Waals surface area contributed by atoms with E-state index in [1.165, 1.54) is 23.5 Å². The second kappa shape index (κ2) is 7.12. The zero-order valence-corrected chi connectivity index (χ0v) is 18.4. The monoisotopic (exact) mass is 451 g/mol. The molecule has 2 N–H and O–H groups in total. The van der Waals surface area contributed by atoms with Crippen molar-refractivity contribution in [2.24, 2.45) is 0 Å². The minimum atomic E-state index is -1.22. The molecule has 0 aliphatic carbocycles. The second-order valence-corrected chi connectivity index (χ2v) is 11.1. The van der Waals surface area contributed by atoms with Crippen LogP contribution in [0.4, 0.5) is 4.39 Å². The van der Waals surface area contributed by atoms with Crippen molar-refractivity contribution in [2.75, 3.05) is 5.75 Å². The maximum atomic E-state index is 13.1. The molecule has 2 atom stereocenters. The topological polar surface area (TPSA) is 85.0 Å². The molecule has 152 valence electrons. The minimum Gasteiger partial charge on any atom is -0.616 e. The number of oxazole rings is 1. The van der Waals surface area contributed by atoms with Crippen LogP contribution in [0.2, 0.25) is 5.02 Å². The summed E-state index contributed by atoms with van der Waals surface area (Å²) in [5, 5.41) is 12.0. The number of aromatic nitrogens is 1. The summed E-state index contributed by atoms with van der Waals surface area (Å²) in [7, 11) is 0. The predicted octanol–water partition coefficient (Wildman–Crippen LogP) is 5.19. The lowest BCUT2D eigenvalue weighted by atomic mass is 10.00. The average Bonchev–Trinajstić information content (AvgIpc) is 3.28. The van der Waals surface area contributed by atoms with Gasteiger partial charge in [0.05, 0.1) is 21.0 Å². The molecule has 2 aromatic heterocycles. The van der Waals surface area contributed by atoms with Crippen molar-refractivity contribution in [1.29, 1.82) is 5.41 Å². The van der Waals surface area contributed by atoms with E-state index < -0.39 is 21.5 Å². The largest absolute Gasteiger partial charge is 0.616 e. The van der Waals surface area contributed by atoms with Crippen LogP contribution in [0, 0.1) is 11.2 Å². The minimum absolute atomic E-state index is 0.230. The molecule has 1 aliphatic heterocycles. The van der Waals surface area contributed by atoms with Crippen LogP contribution in [0.5, 0.6) is 0 Å². The Morgan fingerprint density at radius 2 is 2.00 bits per heavy atom. The van der Waals surface area contributed by atoms with E-state index in [9.17, 15) is 8.94 Å². The molecule has 0 radical (unpaired) electrons. The van der Waals surface area contributed by atoms with Gasteiger partial charge in [-0.1, -0.05) is 11.6 Å². The van der Waals surface area contributed by atoms with Crippen LogP contribution >= 0.6 is 22.9 Å². The number of hydrogen-bond donors (Lipinski definition) is 2. The number of hydrogen-bond acceptors (Lipinski definition) is 5. The summed E-state index contributed by atoms with van der Waals surface area (Å²) in [5.41, 5.74) is -0.0374. The summed E-state index contributed by atoms with van der Waals surface area (Å²) in [6.45, 7) is 5.50. The molecular weight excluding hydrogens is 433 g/mol. The molecule has 4 rings (SSSR count). The van der Waals surface area contributed by atoms with E-state index in [4.69, 9.17) is 21.4 Å². The van der Waals surface area contributed by atoms with Gasteiger partial charge in [0.2, 0.25) is 5.89 Å². The maximum Gasteiger partial charge on any atom is 0.226 e. The fraction of sp³-hybridized carbons (Fsp3) is 0.300. The molecule has 1 aromatic carbocycles. The Morgan fingerprint density at radius 3 is 2.66 bits per heavy atom. The first-order valence-corrected chi connectivity index (χ1v) is 11.4. The lowest BCUT2D eigenvalue weighted by Gasteiger charge is -2.43. The van der Waals surface area contributed by atoms with Gasteiger partial charge >= 0.3 is 0 Å². The smallest absolute Gasteiger partial charge is 0.226 e. The van der Waals surface area contributed by atoms with E-state index in [0.717, 1.165) is 9.75 Å². The van der Waals surface area contributed by atoms with Crippen LogP contribution in [0.15, 0.2) is 40.9 Å². The van der Waals surface area contributed by atoms with E-state index in [1.807, 2.05) is 6.92 Å². The van der Waals surface area contributed by atoms with Crippen LogP contribution in [0.1, 0.15) is 25.6 Å². The number of thiophene rings is 1. The van der Waals surface area contributed by atoms with Crippen molar-refractivity contribution < 1.29 is 13.4 Å². The van der Waals surface area contributed by atoms with Gasteiger partial charge in [-0.05, 0) is 62.3 Å². The first-order valence-electron chi connectivity index (χ1n) is 8.88. The summed E-state index contributed by atoms with van der Waals surface area (Å²) in [4.78, 5) is 5.85. The van der Waals surface area contributed by atoms with Gasteiger partial charge in [0.15, 0.2) is 16.3 Å². The molecule has 0 saturated carbocycles. The van der Waals surface area contributed by atoms with Crippen molar-refractivity contribution in [3.8, 4) is 22.1 Å². The number of rotatable bonds is 3. The van der Waals surface area contributed by atoms with E-state index in [2.05, 4.69) is 10.3 Å². The predicted molar refractivity (Wildman–Crippen MR) is 116 cm³/mol. The maximum absolute atomic E-state index is 13.1. The molecule has 0 amide bonds. The molecule has 1 unspecified atom stereocenters. The molecule has 1 fully saturated rings.